The fourth-order valence-electron chi connectivity index (χ4n) is 5.91. The van der Waals surface area contributed by atoms with E-state index in [1.807, 2.05) is 17.0 Å². The summed E-state index contributed by atoms with van der Waals surface area (Å²) in [6, 6.07) is 5.95. The largest absolute Gasteiger partial charge is 1.00 e. The van der Waals surface area contributed by atoms with Crippen molar-refractivity contribution in [3.8, 4) is 18.1 Å². The predicted molar refractivity (Wildman–Crippen MR) is 199 cm³/mol. The third kappa shape index (κ3) is 12.4. The van der Waals surface area contributed by atoms with Gasteiger partial charge in [-0.15, -0.1) is 11.5 Å². The zero-order chi connectivity index (χ0) is 37.4. The third-order valence-electron chi connectivity index (χ3n) is 9.34. The van der Waals surface area contributed by atoms with Crippen LogP contribution in [0.1, 0.15) is 43.6 Å². The van der Waals surface area contributed by atoms with Crippen LogP contribution in [0, 0.1) is 18.3 Å². The highest BCUT2D eigenvalue weighted by Crippen LogP contribution is 2.25. The van der Waals surface area contributed by atoms with Gasteiger partial charge in [-0.1, -0.05) is 43.5 Å². The van der Waals surface area contributed by atoms with E-state index < -0.39 is 6.04 Å². The van der Waals surface area contributed by atoms with Gasteiger partial charge in [0.25, 0.3) is 0 Å². The Balaban J connectivity index is 0.00000650. The smallest absolute Gasteiger partial charge is 0.247 e. The zero-order valence-corrected chi connectivity index (χ0v) is 31.9. The lowest BCUT2D eigenvalue weighted by molar-refractivity contribution is -0.135. The van der Waals surface area contributed by atoms with Gasteiger partial charge in [0.1, 0.15) is 18.4 Å². The fourth-order valence-corrected chi connectivity index (χ4v) is 5.91. The van der Waals surface area contributed by atoms with Crippen LogP contribution >= 0.6 is 0 Å². The van der Waals surface area contributed by atoms with E-state index in [2.05, 4.69) is 45.2 Å². The molecule has 2 aliphatic rings. The Morgan fingerprint density at radius 3 is 2.24 bits per heavy atom. The van der Waals surface area contributed by atoms with E-state index >= 15 is 0 Å². The highest BCUT2D eigenvalue weighted by atomic mass is 35.5. The lowest BCUT2D eigenvalue weighted by Crippen LogP contribution is -3.00. The first kappa shape index (κ1) is 42.4. The molecule has 3 atom stereocenters. The van der Waals surface area contributed by atoms with Gasteiger partial charge >= 0.3 is 0 Å². The Bertz CT molecular complexity index is 1600. The molecule has 4 N–H and O–H groups in total. The van der Waals surface area contributed by atoms with Gasteiger partial charge in [0.15, 0.2) is 0 Å². The standard InChI is InChI=1S/C36H53N11O6.ClH/c1-4-17-50-21-23-53-24-22-51-18-10-38-34-39-35(41-36(40-34)46-15-19-52-20-16-46)45-13-11-44(12-14-45)33(49)31(25-28-6-8-29(48)9-7-28)47-26-30(42-43-47)32(37)27(3)5-2;/h1,6-9,26-27,31-32,48H,5,10-25,37H2,2-3H3,(H,38,39,40,41);1H/p-1. The molecule has 0 spiro atoms. The molecule has 1 amide bonds. The second-order valence-electron chi connectivity index (χ2n) is 13.0. The highest BCUT2D eigenvalue weighted by molar-refractivity contribution is 5.81. The van der Waals surface area contributed by atoms with Crippen LogP contribution in [0.3, 0.4) is 0 Å². The summed E-state index contributed by atoms with van der Waals surface area (Å²) in [5.74, 6) is 4.29. The monoisotopic (exact) mass is 770 g/mol. The van der Waals surface area contributed by atoms with Gasteiger partial charge in [-0.05, 0) is 23.6 Å². The molecule has 54 heavy (non-hydrogen) atoms. The number of hydrogen-bond donors (Lipinski definition) is 3. The predicted octanol–water partition coefficient (Wildman–Crippen LogP) is -1.72. The molecule has 2 aliphatic heterocycles. The summed E-state index contributed by atoms with van der Waals surface area (Å²) in [4.78, 5) is 34.6. The number of aromatic nitrogens is 6. The number of phenolic OH excluding ortho intramolecular Hbond substituents is 1. The normalized spacial score (nSPS) is 16.3. The van der Waals surface area contributed by atoms with Crippen LogP contribution in [-0.4, -0.2) is 145 Å². The van der Waals surface area contributed by atoms with Crippen molar-refractivity contribution < 1.29 is 41.3 Å². The van der Waals surface area contributed by atoms with Crippen molar-refractivity contribution in [3.63, 3.8) is 0 Å². The van der Waals surface area contributed by atoms with Gasteiger partial charge in [-0.25, -0.2) is 4.68 Å². The lowest BCUT2D eigenvalue weighted by atomic mass is 9.98. The van der Waals surface area contributed by atoms with E-state index in [1.54, 1.807) is 23.0 Å². The van der Waals surface area contributed by atoms with Crippen LogP contribution in [-0.2, 0) is 30.2 Å². The maximum Gasteiger partial charge on any atom is 0.247 e. The number of terminal acetylenes is 1. The van der Waals surface area contributed by atoms with E-state index in [0.29, 0.717) is 122 Å². The van der Waals surface area contributed by atoms with Crippen LogP contribution in [0.15, 0.2) is 30.5 Å². The molecule has 5 rings (SSSR count). The van der Waals surface area contributed by atoms with Crippen LogP contribution < -0.4 is 33.3 Å². The van der Waals surface area contributed by atoms with Crippen LogP contribution in [0.25, 0.3) is 0 Å². The number of nitrogens with two attached hydrogens (primary N) is 1. The van der Waals surface area contributed by atoms with E-state index in [4.69, 9.17) is 46.1 Å². The van der Waals surface area contributed by atoms with Gasteiger partial charge in [-0.3, -0.25) is 4.79 Å². The second-order valence-corrected chi connectivity index (χ2v) is 13.0. The number of anilines is 3. The molecule has 0 radical (unpaired) electrons. The number of rotatable bonds is 20. The van der Waals surface area contributed by atoms with Crippen molar-refractivity contribution in [2.75, 3.05) is 114 Å². The molecule has 3 unspecified atom stereocenters. The average Bonchev–Trinajstić information content (AvgIpc) is 3.69. The third-order valence-corrected chi connectivity index (χ3v) is 9.34. The Hall–Kier alpha value is -4.31. The molecule has 0 aliphatic carbocycles. The van der Waals surface area contributed by atoms with Crippen molar-refractivity contribution in [1.29, 1.82) is 0 Å². The SMILES string of the molecule is C#CCOCCOCCOCCNc1nc(N2CCOCC2)nc(N2CCN(C(=O)C(Cc3ccc(O)cc3)n3cc(C(N)C(C)CC)nn3)CC2)n1.[Cl-]. The number of piperazine rings is 1. The summed E-state index contributed by atoms with van der Waals surface area (Å²) >= 11 is 0. The molecule has 2 fully saturated rings. The molecule has 2 saturated heterocycles. The fraction of sp³-hybridized carbons (Fsp3) is 0.611. The minimum absolute atomic E-state index is 0. The van der Waals surface area contributed by atoms with E-state index in [0.717, 1.165) is 12.0 Å². The number of morpholine rings is 1. The van der Waals surface area contributed by atoms with Crippen LogP contribution in [0.4, 0.5) is 17.8 Å². The van der Waals surface area contributed by atoms with Crippen molar-refractivity contribution in [1.82, 2.24) is 34.8 Å². The Kier molecular flexibility index (Phi) is 17.4. The van der Waals surface area contributed by atoms with Crippen LogP contribution in [0.2, 0.25) is 0 Å². The molecule has 4 heterocycles. The number of nitrogens with zero attached hydrogens (tertiary/aromatic N) is 9. The maximum atomic E-state index is 14.2. The second kappa shape index (κ2) is 22.2. The van der Waals surface area contributed by atoms with Gasteiger partial charge in [0.2, 0.25) is 23.8 Å². The lowest BCUT2D eigenvalue weighted by Gasteiger charge is -2.36. The number of halogens is 1. The number of phenols is 1. The van der Waals surface area contributed by atoms with Gasteiger partial charge in [0, 0.05) is 52.2 Å². The summed E-state index contributed by atoms with van der Waals surface area (Å²) in [5, 5.41) is 21.9. The van der Waals surface area contributed by atoms with Crippen molar-refractivity contribution in [2.45, 2.75) is 38.8 Å². The number of nitrogens with one attached hydrogen (secondary N) is 1. The number of hydrogen-bond acceptors (Lipinski definition) is 15. The summed E-state index contributed by atoms with van der Waals surface area (Å²) in [7, 11) is 0. The topological polar surface area (TPSA) is 191 Å². The number of carbonyl (C=O) groups excluding carboxylic acids is 1. The molecule has 2 aromatic heterocycles. The Morgan fingerprint density at radius 1 is 0.963 bits per heavy atom. The number of carbonyl (C=O) groups is 1. The van der Waals surface area contributed by atoms with Gasteiger partial charge in [0.05, 0.1) is 64.2 Å². The number of aromatic hydroxyl groups is 1. The molecule has 18 heteroatoms. The number of amides is 1. The summed E-state index contributed by atoms with van der Waals surface area (Å²) < 4.78 is 23.6. The minimum Gasteiger partial charge on any atom is -1.00 e. The highest BCUT2D eigenvalue weighted by Gasteiger charge is 2.32. The zero-order valence-electron chi connectivity index (χ0n) is 31.2. The van der Waals surface area contributed by atoms with E-state index in [9.17, 15) is 9.90 Å². The molecule has 17 nitrogen and oxygen atoms in total. The molecular formula is C36H53ClN11O6-. The van der Waals surface area contributed by atoms with Crippen molar-refractivity contribution in [2.24, 2.45) is 11.7 Å². The molecule has 0 bridgehead atoms. The minimum atomic E-state index is -0.640. The Labute approximate surface area is 323 Å². The van der Waals surface area contributed by atoms with Gasteiger partial charge in [-0.2, -0.15) is 15.0 Å². The Morgan fingerprint density at radius 2 is 1.59 bits per heavy atom. The molecule has 1 aromatic carbocycles. The summed E-state index contributed by atoms with van der Waals surface area (Å²) in [6.45, 7) is 11.7. The molecule has 296 valence electrons. The quantitative estimate of drug-likeness (QED) is 0.0869. The van der Waals surface area contributed by atoms with Crippen LogP contribution in [0.5, 0.6) is 5.75 Å². The molecule has 0 saturated carbocycles. The first-order valence-electron chi connectivity index (χ1n) is 18.3. The summed E-state index contributed by atoms with van der Waals surface area (Å²) in [5.41, 5.74) is 8.02. The average molecular weight is 771 g/mol. The molecular weight excluding hydrogens is 718 g/mol. The van der Waals surface area contributed by atoms with E-state index in [-0.39, 0.29) is 42.6 Å². The number of ether oxygens (including phenoxy) is 4. The molecule has 3 aromatic rings. The van der Waals surface area contributed by atoms with E-state index in [1.165, 1.54) is 0 Å². The first-order chi connectivity index (χ1) is 25.9. The summed E-state index contributed by atoms with van der Waals surface area (Å²) in [6.07, 6.45) is 8.24. The maximum absolute atomic E-state index is 14.2. The van der Waals surface area contributed by atoms with Crippen molar-refractivity contribution >= 4 is 23.8 Å². The van der Waals surface area contributed by atoms with Gasteiger partial charge < -0.3 is 62.2 Å². The number of benzene rings is 1. The first-order valence-corrected chi connectivity index (χ1v) is 18.3. The van der Waals surface area contributed by atoms with Crippen molar-refractivity contribution in [3.05, 3.63) is 41.7 Å².